The third kappa shape index (κ3) is 3.76. The summed E-state index contributed by atoms with van der Waals surface area (Å²) < 4.78 is 1.70. The molecule has 1 N–H and O–H groups in total. The zero-order valence-corrected chi connectivity index (χ0v) is 15.5. The molecular weight excluding hydrogens is 334 g/mol. The number of nitrogens with one attached hydrogen (secondary N) is 1. The highest BCUT2D eigenvalue weighted by Crippen LogP contribution is 2.25. The Labute approximate surface area is 150 Å². The van der Waals surface area contributed by atoms with Crippen LogP contribution in [0.4, 0.5) is 0 Å². The van der Waals surface area contributed by atoms with Crippen LogP contribution in [-0.4, -0.2) is 25.7 Å². The molecule has 3 aromatic rings. The van der Waals surface area contributed by atoms with Crippen molar-refractivity contribution < 1.29 is 4.79 Å². The second kappa shape index (κ2) is 7.14. The lowest BCUT2D eigenvalue weighted by Crippen LogP contribution is -2.26. The van der Waals surface area contributed by atoms with Gasteiger partial charge in [-0.3, -0.25) is 4.79 Å². The molecule has 0 unspecified atom stereocenters. The van der Waals surface area contributed by atoms with E-state index in [4.69, 9.17) is 0 Å². The molecule has 0 saturated carbocycles. The maximum atomic E-state index is 12.6. The van der Waals surface area contributed by atoms with Gasteiger partial charge < -0.3 is 5.32 Å². The van der Waals surface area contributed by atoms with Crippen molar-refractivity contribution in [1.29, 1.82) is 0 Å². The van der Waals surface area contributed by atoms with Crippen LogP contribution < -0.4 is 5.32 Å². The highest BCUT2D eigenvalue weighted by molar-refractivity contribution is 7.13. The first-order valence-electron chi connectivity index (χ1n) is 8.19. The Morgan fingerprint density at radius 3 is 2.48 bits per heavy atom. The van der Waals surface area contributed by atoms with Gasteiger partial charge in [0.05, 0.1) is 22.4 Å². The fourth-order valence-electron chi connectivity index (χ4n) is 2.48. The Morgan fingerprint density at radius 2 is 1.92 bits per heavy atom. The van der Waals surface area contributed by atoms with E-state index in [9.17, 15) is 4.79 Å². The normalized spacial score (nSPS) is 12.4. The molecule has 1 atom stereocenters. The van der Waals surface area contributed by atoms with E-state index >= 15 is 0 Å². The average Bonchev–Trinajstić information content (AvgIpc) is 3.24. The Kier molecular flexibility index (Phi) is 4.94. The lowest BCUT2D eigenvalue weighted by Gasteiger charge is -2.14. The minimum Gasteiger partial charge on any atom is -0.345 e. The smallest absolute Gasteiger partial charge is 0.263 e. The van der Waals surface area contributed by atoms with Crippen molar-refractivity contribution in [3.63, 3.8) is 0 Å². The minimum absolute atomic E-state index is 0.0743. The lowest BCUT2D eigenvalue weighted by molar-refractivity contribution is 0.0943. The third-order valence-corrected chi connectivity index (χ3v) is 5.39. The van der Waals surface area contributed by atoms with Crippen LogP contribution in [0.15, 0.2) is 36.9 Å². The van der Waals surface area contributed by atoms with E-state index in [1.54, 1.807) is 11.0 Å². The molecule has 0 fully saturated rings. The summed E-state index contributed by atoms with van der Waals surface area (Å²) >= 11 is 1.47. The number of rotatable bonds is 5. The van der Waals surface area contributed by atoms with E-state index in [0.29, 0.717) is 10.8 Å². The summed E-state index contributed by atoms with van der Waals surface area (Å²) in [5.41, 5.74) is 2.75. The minimum atomic E-state index is -0.0960. The molecule has 130 valence electrons. The number of benzene rings is 1. The van der Waals surface area contributed by atoms with E-state index in [2.05, 4.69) is 34.2 Å². The monoisotopic (exact) mass is 355 g/mol. The second-order valence-electron chi connectivity index (χ2n) is 6.25. The molecule has 1 aromatic carbocycles. The Morgan fingerprint density at radius 1 is 1.20 bits per heavy atom. The molecule has 0 radical (unpaired) electrons. The largest absolute Gasteiger partial charge is 0.345 e. The van der Waals surface area contributed by atoms with Gasteiger partial charge in [0.15, 0.2) is 0 Å². The van der Waals surface area contributed by atoms with Crippen LogP contribution in [-0.2, 0) is 0 Å². The van der Waals surface area contributed by atoms with Crippen LogP contribution in [0.2, 0.25) is 0 Å². The molecule has 0 aliphatic rings. The first-order valence-corrected chi connectivity index (χ1v) is 9.00. The van der Waals surface area contributed by atoms with Crippen molar-refractivity contribution in [2.24, 2.45) is 0 Å². The molecule has 0 spiro atoms. The summed E-state index contributed by atoms with van der Waals surface area (Å²) in [6.45, 7) is 8.02. The summed E-state index contributed by atoms with van der Waals surface area (Å²) in [7, 11) is 0. The third-order valence-electron chi connectivity index (χ3n) is 3.94. The molecule has 7 heteroatoms. The predicted octanol–water partition coefficient (Wildman–Crippen LogP) is 3.65. The quantitative estimate of drug-likeness (QED) is 0.758. The molecule has 0 saturated heterocycles. The van der Waals surface area contributed by atoms with Gasteiger partial charge in [-0.2, -0.15) is 5.10 Å². The summed E-state index contributed by atoms with van der Waals surface area (Å²) in [6, 6.07) is 7.80. The number of carbonyl (C=O) groups excluding carboxylic acids is 1. The number of carbonyl (C=O) groups is 1. The Hall–Kier alpha value is -2.54. The van der Waals surface area contributed by atoms with Gasteiger partial charge in [0.2, 0.25) is 0 Å². The van der Waals surface area contributed by atoms with Crippen LogP contribution >= 0.6 is 11.3 Å². The van der Waals surface area contributed by atoms with E-state index in [1.165, 1.54) is 17.7 Å². The standard InChI is InChI=1S/C18H21N5OS/c1-11(2)18-22-13(4)16(25-18)17(24)21-12(3)14-5-7-15(8-6-14)23-10-19-9-20-23/h5-12H,1-4H3,(H,21,24)/t12-/m1/s1. The van der Waals surface area contributed by atoms with Gasteiger partial charge in [0.1, 0.15) is 17.5 Å². The highest BCUT2D eigenvalue weighted by Gasteiger charge is 2.19. The molecule has 0 aliphatic carbocycles. The van der Waals surface area contributed by atoms with Gasteiger partial charge in [-0.15, -0.1) is 11.3 Å². The van der Waals surface area contributed by atoms with Crippen molar-refractivity contribution in [1.82, 2.24) is 25.1 Å². The number of hydrogen-bond acceptors (Lipinski definition) is 5. The first kappa shape index (κ1) is 17.3. The topological polar surface area (TPSA) is 72.7 Å². The molecule has 0 bridgehead atoms. The van der Waals surface area contributed by atoms with Crippen molar-refractivity contribution in [3.05, 3.63) is 58.1 Å². The van der Waals surface area contributed by atoms with Crippen molar-refractivity contribution in [2.45, 2.75) is 39.7 Å². The molecule has 0 aliphatic heterocycles. The predicted molar refractivity (Wildman–Crippen MR) is 98.2 cm³/mol. The summed E-state index contributed by atoms with van der Waals surface area (Å²) in [5, 5.41) is 8.16. The summed E-state index contributed by atoms with van der Waals surface area (Å²) in [4.78, 5) is 21.7. The zero-order chi connectivity index (χ0) is 18.0. The van der Waals surface area contributed by atoms with Gasteiger partial charge in [-0.05, 0) is 31.5 Å². The van der Waals surface area contributed by atoms with Crippen LogP contribution in [0.1, 0.15) is 58.7 Å². The van der Waals surface area contributed by atoms with Crippen LogP contribution in [0.25, 0.3) is 5.69 Å². The fraction of sp³-hybridized carbons (Fsp3) is 0.333. The number of hydrogen-bond donors (Lipinski definition) is 1. The molecule has 2 aromatic heterocycles. The number of aromatic nitrogens is 4. The van der Waals surface area contributed by atoms with E-state index in [1.807, 2.05) is 38.1 Å². The van der Waals surface area contributed by atoms with Gasteiger partial charge in [0.25, 0.3) is 5.91 Å². The van der Waals surface area contributed by atoms with E-state index in [-0.39, 0.29) is 11.9 Å². The molecular formula is C18H21N5OS. The van der Waals surface area contributed by atoms with Gasteiger partial charge >= 0.3 is 0 Å². The molecule has 2 heterocycles. The van der Waals surface area contributed by atoms with Crippen molar-refractivity contribution in [2.75, 3.05) is 0 Å². The number of amides is 1. The summed E-state index contributed by atoms with van der Waals surface area (Å²) in [5.74, 6) is 0.252. The maximum absolute atomic E-state index is 12.6. The second-order valence-corrected chi connectivity index (χ2v) is 7.28. The van der Waals surface area contributed by atoms with Crippen molar-refractivity contribution >= 4 is 17.2 Å². The van der Waals surface area contributed by atoms with Crippen LogP contribution in [0.3, 0.4) is 0 Å². The zero-order valence-electron chi connectivity index (χ0n) is 14.7. The fourth-order valence-corrected chi connectivity index (χ4v) is 3.45. The maximum Gasteiger partial charge on any atom is 0.263 e. The highest BCUT2D eigenvalue weighted by atomic mass is 32.1. The average molecular weight is 355 g/mol. The van der Waals surface area contributed by atoms with E-state index < -0.39 is 0 Å². The number of nitrogens with zero attached hydrogens (tertiary/aromatic N) is 4. The van der Waals surface area contributed by atoms with Gasteiger partial charge in [0, 0.05) is 5.92 Å². The molecule has 25 heavy (non-hydrogen) atoms. The molecule has 1 amide bonds. The lowest BCUT2D eigenvalue weighted by atomic mass is 10.1. The number of aryl methyl sites for hydroxylation is 1. The van der Waals surface area contributed by atoms with Gasteiger partial charge in [-0.1, -0.05) is 26.0 Å². The number of thiazole rings is 1. The Bertz CT molecular complexity index is 852. The van der Waals surface area contributed by atoms with Crippen LogP contribution in [0, 0.1) is 6.92 Å². The SMILES string of the molecule is Cc1nc(C(C)C)sc1C(=O)N[C@H](C)c1ccc(-n2cncn2)cc1. The molecule has 6 nitrogen and oxygen atoms in total. The molecule has 3 rings (SSSR count). The van der Waals surface area contributed by atoms with Crippen molar-refractivity contribution in [3.8, 4) is 5.69 Å². The first-order chi connectivity index (χ1) is 12.0. The van der Waals surface area contributed by atoms with Crippen LogP contribution in [0.5, 0.6) is 0 Å². The van der Waals surface area contributed by atoms with E-state index in [0.717, 1.165) is 22.0 Å². The Balaban J connectivity index is 1.71. The summed E-state index contributed by atoms with van der Waals surface area (Å²) in [6.07, 6.45) is 3.15. The van der Waals surface area contributed by atoms with Gasteiger partial charge in [-0.25, -0.2) is 14.6 Å².